The number of hydrogen-bond donors (Lipinski definition) is 1. The zero-order valence-electron chi connectivity index (χ0n) is 13.8. The summed E-state index contributed by atoms with van der Waals surface area (Å²) in [4.78, 5) is 2.57. The van der Waals surface area contributed by atoms with E-state index in [1.54, 1.807) is 19.1 Å². The Hall–Kier alpha value is -2.52. The Morgan fingerprint density at radius 3 is 2.33 bits per heavy atom. The summed E-state index contributed by atoms with van der Waals surface area (Å²) in [7, 11) is -4.14. The third kappa shape index (κ3) is 4.09. The van der Waals surface area contributed by atoms with Crippen molar-refractivity contribution < 1.29 is 21.6 Å². The molecule has 0 amide bonds. The molecule has 1 heterocycles. The largest absolute Gasteiger partial charge is 0.435 e. The van der Waals surface area contributed by atoms with Crippen LogP contribution in [0.3, 0.4) is 0 Å². The molecule has 0 aliphatic rings. The van der Waals surface area contributed by atoms with Crippen molar-refractivity contribution in [3.8, 4) is 11.3 Å². The average molecular weight is 416 g/mol. The van der Waals surface area contributed by atoms with Crippen molar-refractivity contribution >= 4 is 21.6 Å². The Bertz CT molecular complexity index is 1080. The standard InChI is InChI=1S/C17H13ClF3N3O2S/c1-11-9-12(7-8-14(11)18)15-10-16(17(19,20)21)22-24(15)23-27(25,26)13-5-3-2-4-6-13/h2-10,23H,1H3. The minimum Gasteiger partial charge on any atom is -0.200 e. The van der Waals surface area contributed by atoms with Crippen LogP contribution in [0.15, 0.2) is 59.5 Å². The van der Waals surface area contributed by atoms with Gasteiger partial charge in [0.15, 0.2) is 5.69 Å². The van der Waals surface area contributed by atoms with Crippen molar-refractivity contribution in [3.05, 3.63) is 70.9 Å². The molecular weight excluding hydrogens is 403 g/mol. The van der Waals surface area contributed by atoms with Gasteiger partial charge in [0, 0.05) is 10.6 Å². The molecule has 1 aromatic heterocycles. The van der Waals surface area contributed by atoms with Crippen molar-refractivity contribution in [3.63, 3.8) is 0 Å². The molecule has 0 bridgehead atoms. The summed E-state index contributed by atoms with van der Waals surface area (Å²) in [6, 6.07) is 12.6. The summed E-state index contributed by atoms with van der Waals surface area (Å²) in [6.45, 7) is 1.69. The van der Waals surface area contributed by atoms with Gasteiger partial charge in [0.2, 0.25) is 0 Å². The van der Waals surface area contributed by atoms with Crippen molar-refractivity contribution in [2.24, 2.45) is 0 Å². The first-order valence-corrected chi connectivity index (χ1v) is 9.46. The summed E-state index contributed by atoms with van der Waals surface area (Å²) in [5.41, 5.74) is -0.334. The summed E-state index contributed by atoms with van der Waals surface area (Å²) in [6.07, 6.45) is -4.74. The fourth-order valence-corrected chi connectivity index (χ4v) is 3.47. The number of aryl methyl sites for hydroxylation is 1. The topological polar surface area (TPSA) is 64.0 Å². The minimum atomic E-state index is -4.74. The average Bonchev–Trinajstić information content (AvgIpc) is 3.01. The van der Waals surface area contributed by atoms with E-state index in [1.165, 1.54) is 36.4 Å². The third-order valence-corrected chi connectivity index (χ3v) is 5.44. The van der Waals surface area contributed by atoms with Gasteiger partial charge in [-0.1, -0.05) is 35.9 Å². The van der Waals surface area contributed by atoms with Gasteiger partial charge in [-0.15, -0.1) is 5.10 Å². The lowest BCUT2D eigenvalue weighted by molar-refractivity contribution is -0.141. The van der Waals surface area contributed by atoms with Gasteiger partial charge in [0.1, 0.15) is 0 Å². The van der Waals surface area contributed by atoms with Crippen LogP contribution >= 0.6 is 11.6 Å². The van der Waals surface area contributed by atoms with E-state index >= 15 is 0 Å². The molecule has 0 aliphatic carbocycles. The maximum atomic E-state index is 13.1. The summed E-state index contributed by atoms with van der Waals surface area (Å²) in [5.74, 6) is 0. The molecule has 27 heavy (non-hydrogen) atoms. The van der Waals surface area contributed by atoms with Gasteiger partial charge >= 0.3 is 6.18 Å². The molecule has 0 fully saturated rings. The Kier molecular flexibility index (Phi) is 4.92. The number of rotatable bonds is 4. The van der Waals surface area contributed by atoms with Crippen molar-refractivity contribution in [2.45, 2.75) is 18.0 Å². The smallest absolute Gasteiger partial charge is 0.200 e. The van der Waals surface area contributed by atoms with Gasteiger partial charge in [-0.25, -0.2) is 0 Å². The highest BCUT2D eigenvalue weighted by Crippen LogP contribution is 2.32. The van der Waals surface area contributed by atoms with E-state index in [4.69, 9.17) is 11.6 Å². The fourth-order valence-electron chi connectivity index (χ4n) is 2.37. The maximum Gasteiger partial charge on any atom is 0.435 e. The summed E-state index contributed by atoms with van der Waals surface area (Å²) in [5, 5.41) is 3.82. The quantitative estimate of drug-likeness (QED) is 0.684. The molecule has 0 spiro atoms. The molecule has 0 saturated heterocycles. The second-order valence-electron chi connectivity index (χ2n) is 5.70. The van der Waals surface area contributed by atoms with Crippen molar-refractivity contribution in [1.82, 2.24) is 9.89 Å². The second-order valence-corrected chi connectivity index (χ2v) is 7.76. The van der Waals surface area contributed by atoms with E-state index in [-0.39, 0.29) is 10.6 Å². The third-order valence-electron chi connectivity index (χ3n) is 3.71. The highest BCUT2D eigenvalue weighted by atomic mass is 35.5. The van der Waals surface area contributed by atoms with E-state index in [9.17, 15) is 21.6 Å². The van der Waals surface area contributed by atoms with E-state index in [2.05, 4.69) is 9.93 Å². The second kappa shape index (κ2) is 6.90. The van der Waals surface area contributed by atoms with Crippen LogP contribution in [0.2, 0.25) is 5.02 Å². The Morgan fingerprint density at radius 1 is 1.07 bits per heavy atom. The number of nitrogens with zero attached hydrogens (tertiary/aromatic N) is 2. The van der Waals surface area contributed by atoms with Crippen molar-refractivity contribution in [1.29, 1.82) is 0 Å². The van der Waals surface area contributed by atoms with Crippen LogP contribution in [0.4, 0.5) is 13.2 Å². The molecule has 5 nitrogen and oxygen atoms in total. The monoisotopic (exact) mass is 415 g/mol. The molecule has 0 atom stereocenters. The first-order valence-electron chi connectivity index (χ1n) is 7.59. The first kappa shape index (κ1) is 19.2. The molecule has 1 N–H and O–H groups in total. The van der Waals surface area contributed by atoms with Gasteiger partial charge in [-0.2, -0.15) is 31.2 Å². The number of alkyl halides is 3. The maximum absolute atomic E-state index is 13.1. The zero-order chi connectivity index (χ0) is 19.8. The van der Waals surface area contributed by atoms with Gasteiger partial charge in [0.05, 0.1) is 10.6 Å². The summed E-state index contributed by atoms with van der Waals surface area (Å²) >= 11 is 5.96. The molecule has 0 saturated carbocycles. The lowest BCUT2D eigenvalue weighted by Gasteiger charge is -2.12. The highest BCUT2D eigenvalue weighted by Gasteiger charge is 2.35. The molecule has 0 aliphatic heterocycles. The van der Waals surface area contributed by atoms with Crippen LogP contribution in [0, 0.1) is 6.92 Å². The van der Waals surface area contributed by atoms with E-state index < -0.39 is 21.9 Å². The Morgan fingerprint density at radius 2 is 1.74 bits per heavy atom. The van der Waals surface area contributed by atoms with E-state index in [1.807, 2.05) is 0 Å². The number of aromatic nitrogens is 2. The molecule has 10 heteroatoms. The normalized spacial score (nSPS) is 12.2. The van der Waals surface area contributed by atoms with Gasteiger partial charge in [0.25, 0.3) is 10.0 Å². The highest BCUT2D eigenvalue weighted by molar-refractivity contribution is 7.92. The van der Waals surface area contributed by atoms with Gasteiger partial charge < -0.3 is 0 Å². The summed E-state index contributed by atoms with van der Waals surface area (Å²) < 4.78 is 64.3. The first-order chi connectivity index (χ1) is 12.6. The number of nitrogens with one attached hydrogen (secondary N) is 1. The molecule has 142 valence electrons. The SMILES string of the molecule is Cc1cc(-c2cc(C(F)(F)F)nn2NS(=O)(=O)c2ccccc2)ccc1Cl. The van der Waals surface area contributed by atoms with Crippen LogP contribution in [0.1, 0.15) is 11.3 Å². The van der Waals surface area contributed by atoms with Crippen LogP contribution in [0.5, 0.6) is 0 Å². The van der Waals surface area contributed by atoms with Crippen molar-refractivity contribution in [2.75, 3.05) is 4.83 Å². The van der Waals surface area contributed by atoms with Gasteiger partial charge in [-0.05, 0) is 42.8 Å². The molecule has 0 unspecified atom stereocenters. The molecular formula is C17H13ClF3N3O2S. The molecule has 0 radical (unpaired) electrons. The van der Waals surface area contributed by atoms with Crippen LogP contribution < -0.4 is 4.83 Å². The van der Waals surface area contributed by atoms with Crippen LogP contribution in [-0.4, -0.2) is 18.3 Å². The lowest BCUT2D eigenvalue weighted by Crippen LogP contribution is -2.25. The van der Waals surface area contributed by atoms with Crippen LogP contribution in [0.25, 0.3) is 11.3 Å². The Labute approximate surface area is 158 Å². The minimum absolute atomic E-state index is 0.0680. The van der Waals surface area contributed by atoms with E-state index in [0.29, 0.717) is 20.9 Å². The fraction of sp³-hybridized carbons (Fsp3) is 0.118. The van der Waals surface area contributed by atoms with E-state index in [0.717, 1.165) is 6.07 Å². The Balaban J connectivity index is 2.11. The number of sulfonamides is 1. The molecule has 3 aromatic rings. The number of halogens is 4. The number of benzene rings is 2. The lowest BCUT2D eigenvalue weighted by atomic mass is 10.1. The predicted octanol–water partition coefficient (Wildman–Crippen LogP) is 4.46. The van der Waals surface area contributed by atoms with Gasteiger partial charge in [-0.3, -0.25) is 0 Å². The van der Waals surface area contributed by atoms with Crippen LogP contribution in [-0.2, 0) is 16.2 Å². The number of hydrogen-bond acceptors (Lipinski definition) is 3. The zero-order valence-corrected chi connectivity index (χ0v) is 15.4. The molecule has 3 rings (SSSR count). The molecule has 2 aromatic carbocycles. The predicted molar refractivity (Wildman–Crippen MR) is 95.4 cm³/mol.